The second-order valence-electron chi connectivity index (χ2n) is 15.4. The number of hydrogen-bond acceptors (Lipinski definition) is 5. The summed E-state index contributed by atoms with van der Waals surface area (Å²) in [5.41, 5.74) is 16.1. The van der Waals surface area contributed by atoms with E-state index in [0.717, 1.165) is 106 Å². The molecule has 0 saturated heterocycles. The molecule has 0 amide bonds. The van der Waals surface area contributed by atoms with Crippen molar-refractivity contribution in [1.82, 2.24) is 24.9 Å². The Kier molecular flexibility index (Phi) is 8.98. The van der Waals surface area contributed by atoms with Crippen LogP contribution in [0.25, 0.3) is 111 Å². The highest BCUT2D eigenvalue weighted by atomic mass is 14.9. The minimum atomic E-state index is 0.666. The lowest BCUT2D eigenvalue weighted by Gasteiger charge is -2.13. The minimum absolute atomic E-state index is 0.666. The van der Waals surface area contributed by atoms with Crippen LogP contribution >= 0.6 is 0 Å². The Balaban J connectivity index is 0.976. The van der Waals surface area contributed by atoms with Gasteiger partial charge in [-0.3, -0.25) is 9.97 Å². The number of benzene rings is 7. The molecule has 5 heteroatoms. The third-order valence-electron chi connectivity index (χ3n) is 11.4. The maximum absolute atomic E-state index is 5.31. The SMILES string of the molecule is Cc1ccc2ccc3c(-c4ccccc4)cc(-c4cccc(-c5ccc(-c6nc(-c7ccccc7)cc(-c7cccc(-c8cncc9ccccc89)c7)n6)cc5)c4)nc3c2n1. The van der Waals surface area contributed by atoms with Crippen molar-refractivity contribution < 1.29 is 0 Å². The number of hydrogen-bond donors (Lipinski definition) is 0. The zero-order valence-corrected chi connectivity index (χ0v) is 33.4. The van der Waals surface area contributed by atoms with Crippen molar-refractivity contribution in [2.75, 3.05) is 0 Å². The molecular formula is C56H37N5. The largest absolute Gasteiger partial charge is 0.263 e. The molecular weight excluding hydrogens is 743 g/mol. The summed E-state index contributed by atoms with van der Waals surface area (Å²) in [5.74, 6) is 0.666. The van der Waals surface area contributed by atoms with E-state index in [0.29, 0.717) is 5.82 Å². The topological polar surface area (TPSA) is 64.5 Å². The summed E-state index contributed by atoms with van der Waals surface area (Å²) in [4.78, 5) is 25.2. The second kappa shape index (κ2) is 15.2. The van der Waals surface area contributed by atoms with Crippen molar-refractivity contribution in [3.63, 3.8) is 0 Å². The zero-order valence-electron chi connectivity index (χ0n) is 33.4. The normalized spacial score (nSPS) is 11.4. The van der Waals surface area contributed by atoms with Gasteiger partial charge in [0.15, 0.2) is 5.82 Å². The first kappa shape index (κ1) is 36.0. The van der Waals surface area contributed by atoms with Gasteiger partial charge in [-0.2, -0.15) is 0 Å². The summed E-state index contributed by atoms with van der Waals surface area (Å²) in [6.45, 7) is 2.03. The number of nitrogens with zero attached hydrogens (tertiary/aromatic N) is 5. The molecule has 0 unspecified atom stereocenters. The van der Waals surface area contributed by atoms with E-state index in [2.05, 4.69) is 175 Å². The first-order valence-corrected chi connectivity index (χ1v) is 20.5. The molecule has 4 aromatic heterocycles. The summed E-state index contributed by atoms with van der Waals surface area (Å²) >= 11 is 0. The van der Waals surface area contributed by atoms with E-state index in [1.807, 2.05) is 43.6 Å². The van der Waals surface area contributed by atoms with Crippen LogP contribution in [0.5, 0.6) is 0 Å². The molecule has 61 heavy (non-hydrogen) atoms. The van der Waals surface area contributed by atoms with Crippen molar-refractivity contribution in [2.45, 2.75) is 6.92 Å². The predicted molar refractivity (Wildman–Crippen MR) is 251 cm³/mol. The monoisotopic (exact) mass is 779 g/mol. The Labute approximate surface area is 353 Å². The van der Waals surface area contributed by atoms with Gasteiger partial charge in [-0.25, -0.2) is 15.0 Å². The molecule has 286 valence electrons. The van der Waals surface area contributed by atoms with Gasteiger partial charge in [0.25, 0.3) is 0 Å². The van der Waals surface area contributed by atoms with E-state index in [9.17, 15) is 0 Å². The number of aromatic nitrogens is 5. The fourth-order valence-electron chi connectivity index (χ4n) is 8.32. The quantitative estimate of drug-likeness (QED) is 0.151. The Morgan fingerprint density at radius 3 is 1.70 bits per heavy atom. The van der Waals surface area contributed by atoms with Crippen molar-refractivity contribution in [2.24, 2.45) is 0 Å². The van der Waals surface area contributed by atoms with Crippen LogP contribution in [0.4, 0.5) is 0 Å². The van der Waals surface area contributed by atoms with Crippen LogP contribution in [-0.4, -0.2) is 24.9 Å². The second-order valence-corrected chi connectivity index (χ2v) is 15.4. The maximum atomic E-state index is 5.31. The molecule has 11 aromatic rings. The fourth-order valence-corrected chi connectivity index (χ4v) is 8.32. The van der Waals surface area contributed by atoms with E-state index in [1.165, 1.54) is 5.39 Å². The van der Waals surface area contributed by atoms with E-state index in [4.69, 9.17) is 19.9 Å². The maximum Gasteiger partial charge on any atom is 0.160 e. The fraction of sp³-hybridized carbons (Fsp3) is 0.0179. The van der Waals surface area contributed by atoms with Crippen molar-refractivity contribution in [3.05, 3.63) is 212 Å². The Morgan fingerprint density at radius 2 is 0.918 bits per heavy atom. The van der Waals surface area contributed by atoms with Gasteiger partial charge < -0.3 is 0 Å². The molecule has 7 aromatic carbocycles. The van der Waals surface area contributed by atoms with Crippen LogP contribution in [-0.2, 0) is 0 Å². The van der Waals surface area contributed by atoms with Crippen LogP contribution in [0, 0.1) is 6.92 Å². The van der Waals surface area contributed by atoms with Crippen LogP contribution in [0.15, 0.2) is 207 Å². The number of pyridine rings is 3. The summed E-state index contributed by atoms with van der Waals surface area (Å²) < 4.78 is 0. The van der Waals surface area contributed by atoms with Gasteiger partial charge in [-0.1, -0.05) is 164 Å². The van der Waals surface area contributed by atoms with E-state index >= 15 is 0 Å². The molecule has 0 saturated carbocycles. The summed E-state index contributed by atoms with van der Waals surface area (Å²) in [7, 11) is 0. The van der Waals surface area contributed by atoms with Gasteiger partial charge in [-0.15, -0.1) is 0 Å². The average Bonchev–Trinajstić information content (AvgIpc) is 3.34. The molecule has 11 rings (SSSR count). The minimum Gasteiger partial charge on any atom is -0.263 e. The molecule has 0 radical (unpaired) electrons. The first-order chi connectivity index (χ1) is 30.1. The Bertz CT molecular complexity index is 3410. The first-order valence-electron chi connectivity index (χ1n) is 20.5. The summed E-state index contributed by atoms with van der Waals surface area (Å²) in [6.07, 6.45) is 3.86. The molecule has 0 fully saturated rings. The highest BCUT2D eigenvalue weighted by molar-refractivity contribution is 6.09. The zero-order chi connectivity index (χ0) is 40.7. The van der Waals surface area contributed by atoms with Crippen LogP contribution in [0.2, 0.25) is 0 Å². The molecule has 0 atom stereocenters. The molecule has 5 nitrogen and oxygen atoms in total. The molecule has 0 N–H and O–H groups in total. The van der Waals surface area contributed by atoms with Gasteiger partial charge in [0.2, 0.25) is 0 Å². The highest BCUT2D eigenvalue weighted by Gasteiger charge is 2.16. The van der Waals surface area contributed by atoms with E-state index < -0.39 is 0 Å². The molecule has 4 heterocycles. The number of fused-ring (bicyclic) bond motifs is 4. The van der Waals surface area contributed by atoms with Crippen molar-refractivity contribution in [3.8, 4) is 78.5 Å². The summed E-state index contributed by atoms with van der Waals surface area (Å²) in [6, 6.07) is 67.8. The number of aryl methyl sites for hydroxylation is 1. The molecule has 0 spiro atoms. The lowest BCUT2D eigenvalue weighted by Crippen LogP contribution is -1.96. The van der Waals surface area contributed by atoms with Crippen LogP contribution in [0.3, 0.4) is 0 Å². The standard InChI is InChI=1S/C56H37N5/c1-36-22-23-40-28-29-48-49(38-12-4-2-5-13-38)32-51(59-55(48)54(40)58-36)44-19-10-17-42(30-44)37-24-26-41(27-25-37)56-60-52(39-14-6-3-7-15-39)33-53(61-56)45-20-11-18-43(31-45)50-35-57-34-46-16-8-9-21-47(46)50/h2-35H,1H3. The highest BCUT2D eigenvalue weighted by Crippen LogP contribution is 2.37. The van der Waals surface area contributed by atoms with E-state index in [1.54, 1.807) is 0 Å². The van der Waals surface area contributed by atoms with Crippen LogP contribution in [0.1, 0.15) is 5.69 Å². The van der Waals surface area contributed by atoms with E-state index in [-0.39, 0.29) is 0 Å². The lowest BCUT2D eigenvalue weighted by atomic mass is 9.95. The average molecular weight is 780 g/mol. The van der Waals surface area contributed by atoms with Crippen molar-refractivity contribution in [1.29, 1.82) is 0 Å². The molecule has 0 aliphatic heterocycles. The van der Waals surface area contributed by atoms with Gasteiger partial charge in [0.05, 0.1) is 28.1 Å². The van der Waals surface area contributed by atoms with Gasteiger partial charge in [0, 0.05) is 62.1 Å². The van der Waals surface area contributed by atoms with Crippen molar-refractivity contribution >= 4 is 32.6 Å². The Morgan fingerprint density at radius 1 is 0.311 bits per heavy atom. The molecule has 0 aliphatic rings. The third-order valence-corrected chi connectivity index (χ3v) is 11.4. The Hall–Kier alpha value is -8.15. The summed E-state index contributed by atoms with van der Waals surface area (Å²) in [5, 5.41) is 4.44. The smallest absolute Gasteiger partial charge is 0.160 e. The molecule has 0 bridgehead atoms. The van der Waals surface area contributed by atoms with Gasteiger partial charge >= 0.3 is 0 Å². The van der Waals surface area contributed by atoms with Crippen LogP contribution < -0.4 is 0 Å². The lowest BCUT2D eigenvalue weighted by molar-refractivity contribution is 1.18. The number of rotatable bonds is 7. The van der Waals surface area contributed by atoms with Gasteiger partial charge in [-0.05, 0) is 70.5 Å². The van der Waals surface area contributed by atoms with Gasteiger partial charge in [0.1, 0.15) is 0 Å². The third kappa shape index (κ3) is 6.88. The predicted octanol–water partition coefficient (Wildman–Crippen LogP) is 14.1. The molecule has 0 aliphatic carbocycles.